The molecule has 52 heteroatoms. The second-order valence-corrected chi connectivity index (χ2v) is 24.9. The second kappa shape index (κ2) is 52.8. The van der Waals surface area contributed by atoms with Crippen molar-refractivity contribution in [3.8, 4) is 69.4 Å². The number of piperidine rings is 2. The minimum atomic E-state index is -1.04. The van der Waals surface area contributed by atoms with Crippen LogP contribution in [-0.4, -0.2) is 235 Å². The van der Waals surface area contributed by atoms with E-state index in [1.165, 1.54) is 38.9 Å². The van der Waals surface area contributed by atoms with E-state index in [1.807, 2.05) is 54.6 Å². The minimum absolute atomic E-state index is 0.0702. The zero-order valence-electron chi connectivity index (χ0n) is 66.4. The number of aromatic nitrogens is 35. The number of para-hydroxylation sites is 1. The van der Waals surface area contributed by atoms with Crippen molar-refractivity contribution >= 4 is 28.9 Å². The molecular formula is C70H91N47O5. The summed E-state index contributed by atoms with van der Waals surface area (Å²) in [4.78, 5) is 38.6. The van der Waals surface area contributed by atoms with E-state index in [0.717, 1.165) is 56.8 Å². The van der Waals surface area contributed by atoms with Gasteiger partial charge in [-0.2, -0.15) is 5.90 Å². The first-order valence-electron chi connectivity index (χ1n) is 37.7. The summed E-state index contributed by atoms with van der Waals surface area (Å²) in [7, 11) is 1.40. The van der Waals surface area contributed by atoms with Gasteiger partial charge in [-0.3, -0.25) is 24.5 Å². The topological polar surface area (TPSA) is 794 Å². The van der Waals surface area contributed by atoms with Crippen molar-refractivity contribution < 1.29 is 24.3 Å². The summed E-state index contributed by atoms with van der Waals surface area (Å²) in [5.74, 6) is 10.2. The minimum Gasteiger partial charge on any atom is -0.481 e. The Bertz CT molecular complexity index is 4920. The Labute approximate surface area is 695 Å². The lowest BCUT2D eigenvalue weighted by atomic mass is 10.0. The number of aliphatic carboxylic acids is 1. The lowest BCUT2D eigenvalue weighted by Gasteiger charge is -2.23. The predicted octanol–water partition coefficient (Wildman–Crippen LogP) is -1.52. The molecule has 11 aromatic heterocycles. The van der Waals surface area contributed by atoms with Gasteiger partial charge in [-0.25, -0.2) is 0 Å². The number of nitrogens with zero attached hydrogens (tertiary/aromatic N) is 35. The average molecular weight is 1670 g/mol. The molecule has 52 nitrogen and oxygen atoms in total. The number of anilines is 3. The summed E-state index contributed by atoms with van der Waals surface area (Å²) in [6.07, 6.45) is 15.7. The van der Waals surface area contributed by atoms with Crippen LogP contribution >= 0.6 is 0 Å². The van der Waals surface area contributed by atoms with Crippen LogP contribution in [0, 0.1) is 6.92 Å². The van der Waals surface area contributed by atoms with E-state index in [9.17, 15) is 9.59 Å². The van der Waals surface area contributed by atoms with Gasteiger partial charge in [-0.15, -0.1) is 143 Å². The molecule has 0 spiro atoms. The van der Waals surface area contributed by atoms with Crippen molar-refractivity contribution in [2.24, 2.45) is 40.3 Å². The Morgan fingerprint density at radius 3 is 1.19 bits per heavy atom. The number of unbranched alkanes of at least 4 members (excludes halogenated alkanes) is 1. The summed E-state index contributed by atoms with van der Waals surface area (Å²) >= 11 is 0. The van der Waals surface area contributed by atoms with Gasteiger partial charge in [-0.1, -0.05) is 63.6 Å². The molecule has 2 aromatic carbocycles. The highest BCUT2D eigenvalue weighted by Crippen LogP contribution is 2.28. The van der Waals surface area contributed by atoms with Crippen LogP contribution in [0.15, 0.2) is 116 Å². The van der Waals surface area contributed by atoms with Crippen LogP contribution in [-0.2, 0) is 48.5 Å². The van der Waals surface area contributed by atoms with Crippen LogP contribution < -0.4 is 77.3 Å². The number of pyridine rings is 3. The summed E-state index contributed by atoms with van der Waals surface area (Å²) in [6, 6.07) is 28.8. The molecule has 13 heterocycles. The molecule has 636 valence electrons. The first kappa shape index (κ1) is 92.7. The molecule has 0 saturated carbocycles. The third kappa shape index (κ3) is 32.6. The van der Waals surface area contributed by atoms with E-state index in [2.05, 4.69) is 204 Å². The summed E-state index contributed by atoms with van der Waals surface area (Å²) in [6.45, 7) is 6.28. The molecule has 0 radical (unpaired) electrons. The summed E-state index contributed by atoms with van der Waals surface area (Å²) in [5, 5.41) is 141. The Morgan fingerprint density at radius 2 is 0.811 bits per heavy atom. The lowest BCUT2D eigenvalue weighted by molar-refractivity contribution is -0.138. The number of hydrogen-bond donors (Lipinski definition) is 13. The maximum atomic E-state index is 11.7. The first-order chi connectivity index (χ1) is 59.6. The number of amides is 1. The van der Waals surface area contributed by atoms with Crippen LogP contribution in [0.1, 0.15) is 129 Å². The maximum absolute atomic E-state index is 11.7. The zero-order chi connectivity index (χ0) is 86.7. The van der Waals surface area contributed by atoms with Crippen LogP contribution in [0.4, 0.5) is 17.1 Å². The molecule has 2 aliphatic heterocycles. The van der Waals surface area contributed by atoms with Crippen LogP contribution in [0.5, 0.6) is 12.0 Å². The van der Waals surface area contributed by atoms with Gasteiger partial charge in [0.15, 0.2) is 52.4 Å². The van der Waals surface area contributed by atoms with Crippen molar-refractivity contribution in [2.75, 3.05) is 56.6 Å². The van der Waals surface area contributed by atoms with E-state index in [1.54, 1.807) is 61.9 Å². The second-order valence-electron chi connectivity index (χ2n) is 24.9. The van der Waals surface area contributed by atoms with E-state index in [0.29, 0.717) is 142 Å². The first-order valence-corrected chi connectivity index (χ1v) is 37.7. The smallest absolute Gasteiger partial charge is 0.374 e. The van der Waals surface area contributed by atoms with Gasteiger partial charge in [0, 0.05) is 72.5 Å². The number of nitrogen functional groups attached to an aromatic ring is 2. The van der Waals surface area contributed by atoms with Crippen molar-refractivity contribution in [2.45, 2.75) is 122 Å². The molecule has 13 aromatic rings. The largest absolute Gasteiger partial charge is 0.481 e. The van der Waals surface area contributed by atoms with Gasteiger partial charge >= 0.3 is 18.0 Å². The molecule has 122 heavy (non-hydrogen) atoms. The van der Waals surface area contributed by atoms with Crippen molar-refractivity contribution in [1.82, 2.24) is 189 Å². The summed E-state index contributed by atoms with van der Waals surface area (Å²) in [5.41, 5.74) is 48.1. The highest BCUT2D eigenvalue weighted by molar-refractivity contribution is 5.93. The molecule has 2 atom stereocenters. The zero-order valence-corrected chi connectivity index (χ0v) is 66.4. The molecule has 15 rings (SSSR count). The molecule has 2 fully saturated rings. The maximum Gasteiger partial charge on any atom is 0.374 e. The Morgan fingerprint density at radius 1 is 0.418 bits per heavy atom. The predicted molar refractivity (Wildman–Crippen MR) is 432 cm³/mol. The fourth-order valence-electron chi connectivity index (χ4n) is 9.79. The Kier molecular flexibility index (Phi) is 40.1. The average Bonchev–Trinajstić information content (AvgIpc) is 0.810. The van der Waals surface area contributed by atoms with Gasteiger partial charge in [0.2, 0.25) is 35.0 Å². The number of rotatable bonds is 24. The highest BCUT2D eigenvalue weighted by Gasteiger charge is 2.23. The monoisotopic (exact) mass is 1670 g/mol. The fraction of sp³-hybridized carbons (Fsp3) is 0.357. The van der Waals surface area contributed by atoms with Gasteiger partial charge in [-0.05, 0) is 145 Å². The molecular weight excluding hydrogens is 1580 g/mol. The van der Waals surface area contributed by atoms with Gasteiger partial charge in [0.1, 0.15) is 17.1 Å². The SMILES string of the molecule is C1CCC(c2nnc(C3CCCCN3)nn2)NC1.COc1nnc(ON)nn1.Cc1nnc(-c2ccccn2)nn1.NCCCCc1nnc(-c2ccccn2)nn1.NCCc1nnc(CCN)nn1.NCc1nnc(-c2ccccn2)nn1.NCc1nnc(CN)nn1.Nc1ccccc1-c1nnc(-c2ccc(NC(=O)CCC(=O)O)cc2N)nn1. The fourth-order valence-corrected chi connectivity index (χ4v) is 9.79. The lowest BCUT2D eigenvalue weighted by Crippen LogP contribution is -2.31. The highest BCUT2D eigenvalue weighted by atomic mass is 16.6. The normalized spacial score (nSPS) is 12.9. The Balaban J connectivity index is 0.000000177. The third-order valence-corrected chi connectivity index (χ3v) is 15.9. The van der Waals surface area contributed by atoms with Crippen LogP contribution in [0.3, 0.4) is 0 Å². The van der Waals surface area contributed by atoms with Crippen molar-refractivity contribution in [3.63, 3.8) is 0 Å². The standard InChI is InChI=1S/C18H17N7O3.C12H20N6.C11H14N6.C8H8N6.C8H7N5.C6H12N6.C4H8N6.C3H5N5O2/c19-13-4-2-1-3-11(13)17-22-24-18(25-23-17)12-6-5-10(9-14(12)20)21-15(26)7-8-16(27)28;1-3-7-13-9(5-1)11-15-17-12(18-16-11)10-6-2-4-8-14-10;12-7-3-1-6-10-14-16-11(17-15-10)9-5-2-4-8-13-9;9-5-7-11-13-8(14-12-7)6-3-1-2-4-10-6;1-6-10-12-8(13-11-6)7-4-2-3-5-9-7;7-3-1-5-9-11-6(2-4-8)12-10-5;5-1-3-7-9-4(2-6)10-8-3;1-9-2-5-7-3(10-4)8-6-2/h1-6,9H,7-8,19-20H2,(H,21,26)(H,27,28);9-10,13-14H,1-8H2;2,4-5,8H,1,3,6-7,12H2;1-4H,5,9H2;2-5H,1H3;1-4,7-8H2;1-2,5-6H2;4H2,1H3. The number of carboxylic acid groups (broad SMARTS) is 1. The van der Waals surface area contributed by atoms with E-state index in [4.69, 9.17) is 56.9 Å². The molecule has 22 N–H and O–H groups in total. The molecule has 2 unspecified atom stereocenters. The number of ether oxygens (including phenoxy) is 1. The molecule has 2 saturated heterocycles. The van der Waals surface area contributed by atoms with Gasteiger partial charge in [0.25, 0.3) is 0 Å². The van der Waals surface area contributed by atoms with Crippen LogP contribution in [0.2, 0.25) is 0 Å². The number of aryl methyl sites for hydroxylation is 2. The van der Waals surface area contributed by atoms with Gasteiger partial charge < -0.3 is 76.5 Å². The number of carbonyl (C=O) groups excluding carboxylic acids is 1. The number of nitrogens with one attached hydrogen (secondary N) is 3. The van der Waals surface area contributed by atoms with E-state index in [-0.39, 0.29) is 62.4 Å². The number of hydrogen-bond acceptors (Lipinski definition) is 50. The molecule has 2 aliphatic rings. The number of carboxylic acids is 1. The number of nitrogens with two attached hydrogens (primary N) is 9. The Hall–Kier alpha value is -14.8. The molecule has 0 bridgehead atoms. The van der Waals surface area contributed by atoms with Gasteiger partial charge in [0.05, 0.1) is 45.2 Å². The number of carbonyl (C=O) groups is 2. The molecule has 0 aliphatic carbocycles. The van der Waals surface area contributed by atoms with E-state index >= 15 is 0 Å². The quantitative estimate of drug-likeness (QED) is 0.0186. The van der Waals surface area contributed by atoms with Crippen molar-refractivity contribution in [1.29, 1.82) is 0 Å². The molecule has 1 amide bonds. The third-order valence-electron chi connectivity index (χ3n) is 15.9. The van der Waals surface area contributed by atoms with Crippen molar-refractivity contribution in [3.05, 3.63) is 168 Å². The summed E-state index contributed by atoms with van der Waals surface area (Å²) < 4.78 is 4.57. The number of benzene rings is 2. The number of methoxy groups -OCH3 is 1. The van der Waals surface area contributed by atoms with Crippen LogP contribution in [0.25, 0.3) is 57.3 Å². The van der Waals surface area contributed by atoms with E-state index < -0.39 is 11.9 Å².